The monoisotopic (exact) mass is 493 g/mol. The number of halogens is 2. The molecule has 2 N–H and O–H groups in total. The number of thiophene rings is 1. The lowest BCUT2D eigenvalue weighted by atomic mass is 10.2. The number of urea groups is 1. The number of fused-ring (bicyclic) bond motifs is 1. The summed E-state index contributed by atoms with van der Waals surface area (Å²) >= 11 is 6.80. The van der Waals surface area contributed by atoms with Gasteiger partial charge < -0.3 is 9.88 Å². The van der Waals surface area contributed by atoms with Gasteiger partial charge in [-0.3, -0.25) is 9.52 Å². The minimum atomic E-state index is -1.52. The average Bonchev–Trinajstić information content (AvgIpc) is 3.25. The summed E-state index contributed by atoms with van der Waals surface area (Å²) < 4.78 is 28.8. The van der Waals surface area contributed by atoms with Crippen molar-refractivity contribution in [3.8, 4) is 0 Å². The number of rotatable bonds is 2. The van der Waals surface area contributed by atoms with Gasteiger partial charge in [0.05, 0.1) is 9.72 Å². The average molecular weight is 494 g/mol. The summed E-state index contributed by atoms with van der Waals surface area (Å²) in [7, 11) is 1.58. The van der Waals surface area contributed by atoms with Crippen LogP contribution in [0.3, 0.4) is 0 Å². The van der Waals surface area contributed by atoms with Gasteiger partial charge in [-0.2, -0.15) is 0 Å². The van der Waals surface area contributed by atoms with Crippen molar-refractivity contribution in [1.82, 2.24) is 14.6 Å². The van der Waals surface area contributed by atoms with Crippen molar-refractivity contribution in [2.45, 2.75) is 4.21 Å². The summed E-state index contributed by atoms with van der Waals surface area (Å²) in [5, 5.41) is 3.49. The van der Waals surface area contributed by atoms with Gasteiger partial charge in [0.2, 0.25) is 0 Å². The third-order valence-corrected chi connectivity index (χ3v) is 6.46. The van der Waals surface area contributed by atoms with Gasteiger partial charge in [-0.05, 0) is 35.7 Å². The Morgan fingerprint density at radius 1 is 1.06 bits per heavy atom. The van der Waals surface area contributed by atoms with Crippen molar-refractivity contribution in [3.63, 3.8) is 0 Å². The third-order valence-electron chi connectivity index (χ3n) is 3.85. The summed E-state index contributed by atoms with van der Waals surface area (Å²) in [5.74, 6) is -0.379. The van der Waals surface area contributed by atoms with E-state index in [-0.39, 0.29) is 11.4 Å². The molecule has 2 aromatic carbocycles. The predicted octanol–water partition coefficient (Wildman–Crippen LogP) is 4.72. The molecule has 2 aromatic heterocycles. The van der Waals surface area contributed by atoms with E-state index in [0.717, 1.165) is 5.39 Å². The van der Waals surface area contributed by atoms with E-state index < -0.39 is 17.0 Å². The van der Waals surface area contributed by atoms with Crippen LogP contribution in [0.2, 0.25) is 4.34 Å². The van der Waals surface area contributed by atoms with Crippen LogP contribution < -0.4 is 15.6 Å². The molecule has 2 heterocycles. The fourth-order valence-electron chi connectivity index (χ4n) is 2.28. The highest BCUT2D eigenvalue weighted by molar-refractivity contribution is 7.86. The van der Waals surface area contributed by atoms with Crippen LogP contribution in [-0.2, 0) is 18.0 Å². The molecule has 4 aromatic rings. The van der Waals surface area contributed by atoms with E-state index in [1.165, 1.54) is 35.1 Å². The van der Waals surface area contributed by atoms with Crippen LogP contribution in [0.4, 0.5) is 9.18 Å². The van der Waals surface area contributed by atoms with Crippen molar-refractivity contribution >= 4 is 50.7 Å². The quantitative estimate of drug-likeness (QED) is 0.424. The smallest absolute Gasteiger partial charge is 0.326 e. The summed E-state index contributed by atoms with van der Waals surface area (Å²) in [4.78, 5) is 22.2. The van der Waals surface area contributed by atoms with E-state index in [9.17, 15) is 18.2 Å². The Kier molecular flexibility index (Phi) is 10.1. The molecule has 0 aliphatic carbocycles. The summed E-state index contributed by atoms with van der Waals surface area (Å²) in [6, 6.07) is 20.8. The Bertz CT molecular complexity index is 1210. The first kappa shape index (κ1) is 25.3. The van der Waals surface area contributed by atoms with E-state index in [2.05, 4.69) is 10.0 Å². The van der Waals surface area contributed by atoms with Crippen LogP contribution in [0.25, 0.3) is 10.8 Å². The highest BCUT2D eigenvalue weighted by atomic mass is 35.5. The number of benzene rings is 2. The van der Waals surface area contributed by atoms with E-state index in [4.69, 9.17) is 11.6 Å². The first-order chi connectivity index (χ1) is 15.3. The maximum Gasteiger partial charge on any atom is 0.326 e. The van der Waals surface area contributed by atoms with Crippen molar-refractivity contribution < 1.29 is 13.4 Å². The lowest BCUT2D eigenvalue weighted by Crippen LogP contribution is -2.33. The lowest BCUT2D eigenvalue weighted by molar-refractivity contribution is 0.248. The Labute approximate surface area is 196 Å². The molecule has 0 saturated carbocycles. The summed E-state index contributed by atoms with van der Waals surface area (Å²) in [6.45, 7) is 0. The van der Waals surface area contributed by atoms with Gasteiger partial charge in [0.15, 0.2) is 11.0 Å². The van der Waals surface area contributed by atoms with E-state index in [1.54, 1.807) is 37.5 Å². The van der Waals surface area contributed by atoms with Crippen LogP contribution in [0.1, 0.15) is 0 Å². The van der Waals surface area contributed by atoms with Gasteiger partial charge >= 0.3 is 6.03 Å². The molecule has 0 aliphatic heterocycles. The third kappa shape index (κ3) is 7.92. The number of aromatic nitrogens is 1. The van der Waals surface area contributed by atoms with Crippen LogP contribution in [0, 0.1) is 5.82 Å². The van der Waals surface area contributed by atoms with Gasteiger partial charge in [-0.15, -0.1) is 11.3 Å². The molecule has 0 bridgehead atoms. The van der Waals surface area contributed by atoms with Crippen molar-refractivity contribution in [2.75, 3.05) is 7.05 Å². The zero-order chi connectivity index (χ0) is 23.5. The van der Waals surface area contributed by atoms with Crippen LogP contribution in [-0.4, -0.2) is 21.9 Å². The summed E-state index contributed by atoms with van der Waals surface area (Å²) in [6.07, 6.45) is 1.67. The first-order valence-electron chi connectivity index (χ1n) is 9.22. The van der Waals surface area contributed by atoms with Crippen LogP contribution >= 0.6 is 22.9 Å². The Balaban J connectivity index is 0.000000182. The molecule has 4 rings (SSSR count). The maximum absolute atomic E-state index is 12.8. The lowest BCUT2D eigenvalue weighted by Gasteiger charge is -2.00. The number of hydrogen-bond donors (Lipinski definition) is 2. The zero-order valence-electron chi connectivity index (χ0n) is 17.2. The van der Waals surface area contributed by atoms with Crippen molar-refractivity contribution in [2.24, 2.45) is 7.05 Å². The van der Waals surface area contributed by atoms with Crippen molar-refractivity contribution in [1.29, 1.82) is 0 Å². The van der Waals surface area contributed by atoms with Gasteiger partial charge in [-0.25, -0.2) is 13.4 Å². The molecule has 168 valence electrons. The number of nitrogens with one attached hydrogen (secondary N) is 2. The molecule has 0 radical (unpaired) electrons. The normalized spacial score (nSPS) is 10.8. The largest absolute Gasteiger partial charge is 0.340 e. The second kappa shape index (κ2) is 12.7. The van der Waals surface area contributed by atoms with Gasteiger partial charge in [0, 0.05) is 20.3 Å². The Morgan fingerprint density at radius 2 is 1.69 bits per heavy atom. The molecule has 1 unspecified atom stereocenters. The number of aryl methyl sites for hydroxylation is 1. The van der Waals surface area contributed by atoms with E-state index in [1.807, 2.05) is 36.4 Å². The van der Waals surface area contributed by atoms with Gasteiger partial charge in [0.25, 0.3) is 5.56 Å². The predicted molar refractivity (Wildman–Crippen MR) is 129 cm³/mol. The molecule has 0 spiro atoms. The molecule has 2 amide bonds. The maximum atomic E-state index is 12.8. The number of carbonyl (C=O) groups excluding carboxylic acids is 1. The number of nitrogens with zero attached hydrogens (tertiary/aromatic N) is 1. The second-order valence-electron chi connectivity index (χ2n) is 6.13. The molecule has 0 aliphatic rings. The first-order valence-corrected chi connectivity index (χ1v) is 11.6. The molecule has 6 nitrogen and oxygen atoms in total. The number of carbonyl (C=O) groups is 1. The topological polar surface area (TPSA) is 80.2 Å². The number of amides is 2. The molecular weight excluding hydrogens is 473 g/mol. The van der Waals surface area contributed by atoms with E-state index in [0.29, 0.717) is 13.9 Å². The standard InChI is InChI=1S/C10H8FNO.C6H7ClN2O2S2.C6H6/c1-12-5-4-7-2-3-8(11)6-9(7)10(12)13;1-8-6(10)9-13(11)5-3-2-4(7)12-5;1-2-4-6-5-3-1/h2-6H,1H3;2-3H,1H3,(H2,8,9,10);1-6H. The fourth-order valence-corrected chi connectivity index (χ4v) is 4.45. The number of pyridine rings is 1. The SMILES string of the molecule is CNC(=O)NS(=O)c1ccc(Cl)s1.Cn1ccc2ccc(F)cc2c1=O.c1ccccc1. The number of hydrogen-bond acceptors (Lipinski definition) is 4. The van der Waals surface area contributed by atoms with Gasteiger partial charge in [-0.1, -0.05) is 54.1 Å². The minimum Gasteiger partial charge on any atom is -0.340 e. The highest BCUT2D eigenvalue weighted by Crippen LogP contribution is 2.23. The van der Waals surface area contributed by atoms with E-state index >= 15 is 0 Å². The molecule has 0 fully saturated rings. The highest BCUT2D eigenvalue weighted by Gasteiger charge is 2.09. The summed E-state index contributed by atoms with van der Waals surface area (Å²) in [5.41, 5.74) is -0.169. The van der Waals surface area contributed by atoms with Crippen LogP contribution in [0.15, 0.2) is 88.0 Å². The van der Waals surface area contributed by atoms with Crippen molar-refractivity contribution in [3.05, 3.63) is 99.5 Å². The zero-order valence-corrected chi connectivity index (χ0v) is 19.6. The Hall–Kier alpha value is -3.01. The van der Waals surface area contributed by atoms with Gasteiger partial charge in [0.1, 0.15) is 10.0 Å². The second-order valence-corrected chi connectivity index (χ2v) is 9.28. The molecular formula is C22H21ClFN3O3S2. The minimum absolute atomic E-state index is 0.169. The fraction of sp³-hybridized carbons (Fsp3) is 0.0909. The Morgan fingerprint density at radius 3 is 2.22 bits per heavy atom. The molecule has 10 heteroatoms. The molecule has 1 atom stereocenters. The molecule has 0 saturated heterocycles. The van der Waals surface area contributed by atoms with Crippen LogP contribution in [0.5, 0.6) is 0 Å². The molecule has 32 heavy (non-hydrogen) atoms.